The molecule has 0 heterocycles. The van der Waals surface area contributed by atoms with Crippen molar-refractivity contribution in [1.82, 2.24) is 5.32 Å². The van der Waals surface area contributed by atoms with Gasteiger partial charge in [0.2, 0.25) is 0 Å². The van der Waals surface area contributed by atoms with Crippen LogP contribution in [0, 0.1) is 0 Å². The quantitative estimate of drug-likeness (QED) is 0.756. The number of rotatable bonds is 7. The van der Waals surface area contributed by atoms with Crippen molar-refractivity contribution in [2.24, 2.45) is 0 Å². The van der Waals surface area contributed by atoms with Crippen LogP contribution in [0.15, 0.2) is 24.3 Å². The third-order valence-corrected chi connectivity index (χ3v) is 3.52. The maximum atomic E-state index is 12.1. The Labute approximate surface area is 128 Å². The first-order valence-corrected chi connectivity index (χ1v) is 7.76. The molecule has 1 aromatic rings. The maximum absolute atomic E-state index is 12.1. The van der Waals surface area contributed by atoms with Crippen LogP contribution in [-0.4, -0.2) is 42.1 Å². The Morgan fingerprint density at radius 3 is 2.76 bits per heavy atom. The van der Waals surface area contributed by atoms with Crippen LogP contribution in [0.3, 0.4) is 0 Å². The van der Waals surface area contributed by atoms with Crippen molar-refractivity contribution in [2.45, 2.75) is 13.0 Å². The summed E-state index contributed by atoms with van der Waals surface area (Å²) < 4.78 is 5.15. The number of methoxy groups -OCH3 is 1. The molecule has 0 aliphatic carbocycles. The van der Waals surface area contributed by atoms with E-state index in [1.165, 1.54) is 13.2 Å². The Morgan fingerprint density at radius 1 is 1.48 bits per heavy atom. The Bertz CT molecular complexity index is 542. The Hall–Kier alpha value is -1.95. The van der Waals surface area contributed by atoms with E-state index in [-0.39, 0.29) is 11.9 Å². The number of hydrogen-bond donors (Lipinski definition) is 2. The molecular weight excluding hydrogens is 290 g/mol. The molecule has 0 aliphatic rings. The number of carbonyl (C=O) groups excluding carboxylic acids is 1. The van der Waals surface area contributed by atoms with Gasteiger partial charge in [-0.1, -0.05) is 0 Å². The van der Waals surface area contributed by atoms with E-state index in [2.05, 4.69) is 5.32 Å². The van der Waals surface area contributed by atoms with Crippen LogP contribution in [-0.2, 0) is 4.79 Å². The molecule has 0 bridgehead atoms. The second-order valence-corrected chi connectivity index (χ2v) is 5.37. The lowest BCUT2D eigenvalue weighted by Crippen LogP contribution is -2.34. The molecule has 5 nitrogen and oxygen atoms in total. The SMILES string of the molecule is COc1ccc(C(=O)NC(C)CSC)cc1/C=C/C(=O)O. The molecule has 2 N–H and O–H groups in total. The second-order valence-electron chi connectivity index (χ2n) is 4.46. The summed E-state index contributed by atoms with van der Waals surface area (Å²) in [6.07, 6.45) is 4.39. The van der Waals surface area contributed by atoms with Crippen LogP contribution in [0.4, 0.5) is 0 Å². The highest BCUT2D eigenvalue weighted by Gasteiger charge is 2.11. The van der Waals surface area contributed by atoms with Crippen molar-refractivity contribution in [3.63, 3.8) is 0 Å². The largest absolute Gasteiger partial charge is 0.496 e. The first-order chi connectivity index (χ1) is 9.97. The molecule has 1 amide bonds. The standard InChI is InChI=1S/C15H19NO4S/c1-10(9-21-3)16-15(19)12-4-6-13(20-2)11(8-12)5-7-14(17)18/h4-8,10H,9H2,1-3H3,(H,16,19)(H,17,18)/b7-5+. The molecule has 1 rings (SSSR count). The van der Waals surface area contributed by atoms with Gasteiger partial charge in [-0.3, -0.25) is 4.79 Å². The second kappa shape index (κ2) is 8.36. The number of carbonyl (C=O) groups is 2. The Kier molecular flexibility index (Phi) is 6.81. The van der Waals surface area contributed by atoms with E-state index >= 15 is 0 Å². The molecule has 0 spiro atoms. The third kappa shape index (κ3) is 5.51. The molecule has 0 radical (unpaired) electrons. The van der Waals surface area contributed by atoms with Gasteiger partial charge >= 0.3 is 5.97 Å². The molecule has 0 aromatic heterocycles. The van der Waals surface area contributed by atoms with E-state index in [0.717, 1.165) is 11.8 Å². The number of hydrogen-bond acceptors (Lipinski definition) is 4. The fraction of sp³-hybridized carbons (Fsp3) is 0.333. The van der Waals surface area contributed by atoms with Gasteiger partial charge in [0.05, 0.1) is 7.11 Å². The number of ether oxygens (including phenoxy) is 1. The lowest BCUT2D eigenvalue weighted by Gasteiger charge is -2.13. The zero-order valence-electron chi connectivity index (χ0n) is 12.3. The smallest absolute Gasteiger partial charge is 0.328 e. The third-order valence-electron chi connectivity index (χ3n) is 2.69. The summed E-state index contributed by atoms with van der Waals surface area (Å²) >= 11 is 1.66. The minimum atomic E-state index is -1.06. The van der Waals surface area contributed by atoms with E-state index in [0.29, 0.717) is 16.9 Å². The predicted molar refractivity (Wildman–Crippen MR) is 85.0 cm³/mol. The number of amides is 1. The average Bonchev–Trinajstić information content (AvgIpc) is 2.44. The van der Waals surface area contributed by atoms with Crippen LogP contribution < -0.4 is 10.1 Å². The van der Waals surface area contributed by atoms with E-state index in [9.17, 15) is 9.59 Å². The summed E-state index contributed by atoms with van der Waals surface area (Å²) in [5, 5.41) is 11.6. The predicted octanol–water partition coefficient (Wildman–Crippen LogP) is 2.27. The van der Waals surface area contributed by atoms with Gasteiger partial charge in [0.1, 0.15) is 5.75 Å². The molecule has 1 atom stereocenters. The average molecular weight is 309 g/mol. The highest BCUT2D eigenvalue weighted by atomic mass is 32.2. The van der Waals surface area contributed by atoms with Crippen molar-refractivity contribution in [3.05, 3.63) is 35.4 Å². The first-order valence-electron chi connectivity index (χ1n) is 6.36. The highest BCUT2D eigenvalue weighted by molar-refractivity contribution is 7.98. The zero-order chi connectivity index (χ0) is 15.8. The number of nitrogens with one attached hydrogen (secondary N) is 1. The minimum absolute atomic E-state index is 0.0626. The zero-order valence-corrected chi connectivity index (χ0v) is 13.1. The van der Waals surface area contributed by atoms with E-state index in [4.69, 9.17) is 9.84 Å². The van der Waals surface area contributed by atoms with Gasteiger partial charge in [-0.2, -0.15) is 11.8 Å². The van der Waals surface area contributed by atoms with Gasteiger partial charge in [0.15, 0.2) is 0 Å². The normalized spacial score (nSPS) is 12.1. The lowest BCUT2D eigenvalue weighted by molar-refractivity contribution is -0.131. The molecule has 1 aromatic carbocycles. The van der Waals surface area contributed by atoms with Crippen molar-refractivity contribution >= 4 is 29.7 Å². The van der Waals surface area contributed by atoms with Crippen molar-refractivity contribution in [3.8, 4) is 5.75 Å². The summed E-state index contributed by atoms with van der Waals surface area (Å²) in [6, 6.07) is 4.97. The van der Waals surface area contributed by atoms with Gasteiger partial charge < -0.3 is 15.2 Å². The van der Waals surface area contributed by atoms with Crippen LogP contribution in [0.5, 0.6) is 5.75 Å². The van der Waals surface area contributed by atoms with Crippen LogP contribution in [0.1, 0.15) is 22.8 Å². The van der Waals surface area contributed by atoms with E-state index in [1.807, 2.05) is 13.2 Å². The molecule has 0 fully saturated rings. The first kappa shape index (κ1) is 17.1. The number of carboxylic acids is 1. The fourth-order valence-electron chi connectivity index (χ4n) is 1.77. The van der Waals surface area contributed by atoms with Gasteiger partial charge in [0.25, 0.3) is 5.91 Å². The molecular formula is C15H19NO4S. The van der Waals surface area contributed by atoms with Crippen LogP contribution in [0.2, 0.25) is 0 Å². The van der Waals surface area contributed by atoms with E-state index in [1.54, 1.807) is 30.0 Å². The molecule has 6 heteroatoms. The monoisotopic (exact) mass is 309 g/mol. The summed E-state index contributed by atoms with van der Waals surface area (Å²) in [7, 11) is 1.49. The van der Waals surface area contributed by atoms with Crippen LogP contribution >= 0.6 is 11.8 Å². The fourth-order valence-corrected chi connectivity index (χ4v) is 2.35. The van der Waals surface area contributed by atoms with Gasteiger partial charge in [-0.25, -0.2) is 4.79 Å². The topological polar surface area (TPSA) is 75.6 Å². The summed E-state index contributed by atoms with van der Waals surface area (Å²) in [5.41, 5.74) is 1.01. The summed E-state index contributed by atoms with van der Waals surface area (Å²) in [4.78, 5) is 22.7. The molecule has 1 unspecified atom stereocenters. The lowest BCUT2D eigenvalue weighted by atomic mass is 10.1. The Morgan fingerprint density at radius 2 is 2.19 bits per heavy atom. The molecule has 0 saturated carbocycles. The molecule has 0 aliphatic heterocycles. The van der Waals surface area contributed by atoms with Gasteiger partial charge in [-0.05, 0) is 37.5 Å². The number of thioether (sulfide) groups is 1. The summed E-state index contributed by atoms with van der Waals surface area (Å²) in [6.45, 7) is 1.93. The molecule has 21 heavy (non-hydrogen) atoms. The molecule has 114 valence electrons. The number of aliphatic carboxylic acids is 1. The summed E-state index contributed by atoms with van der Waals surface area (Å²) in [5.74, 6) is 0.0964. The van der Waals surface area contributed by atoms with Gasteiger partial charge in [-0.15, -0.1) is 0 Å². The molecule has 0 saturated heterocycles. The van der Waals surface area contributed by atoms with Crippen LogP contribution in [0.25, 0.3) is 6.08 Å². The number of benzene rings is 1. The van der Waals surface area contributed by atoms with Crippen molar-refractivity contribution in [2.75, 3.05) is 19.1 Å². The Balaban J connectivity index is 2.96. The van der Waals surface area contributed by atoms with E-state index < -0.39 is 5.97 Å². The minimum Gasteiger partial charge on any atom is -0.496 e. The number of carboxylic acid groups (broad SMARTS) is 1. The maximum Gasteiger partial charge on any atom is 0.328 e. The van der Waals surface area contributed by atoms with Crippen molar-refractivity contribution < 1.29 is 19.4 Å². The highest BCUT2D eigenvalue weighted by Crippen LogP contribution is 2.21. The van der Waals surface area contributed by atoms with Gasteiger partial charge in [0, 0.05) is 29.0 Å². The van der Waals surface area contributed by atoms with Crippen molar-refractivity contribution in [1.29, 1.82) is 0 Å².